The summed E-state index contributed by atoms with van der Waals surface area (Å²) >= 11 is 0. The van der Waals surface area contributed by atoms with Crippen LogP contribution in [0.5, 0.6) is 5.75 Å². The Morgan fingerprint density at radius 2 is 1.64 bits per heavy atom. The highest BCUT2D eigenvalue weighted by Gasteiger charge is 2.39. The third kappa shape index (κ3) is 2.76. The summed E-state index contributed by atoms with van der Waals surface area (Å²) in [6.07, 6.45) is 0. The molecule has 22 heavy (non-hydrogen) atoms. The van der Waals surface area contributed by atoms with Gasteiger partial charge in [0, 0.05) is 17.6 Å². The lowest BCUT2D eigenvalue weighted by Crippen LogP contribution is -2.43. The molecule has 0 saturated carbocycles. The molecule has 0 unspecified atom stereocenters. The van der Waals surface area contributed by atoms with E-state index in [-0.39, 0.29) is 5.41 Å². The Kier molecular flexibility index (Phi) is 3.96. The number of rotatable bonds is 2. The number of benzene rings is 2. The quantitative estimate of drug-likeness (QED) is 0.756. The maximum atomic E-state index is 6.03. The molecule has 0 spiro atoms. The Morgan fingerprint density at radius 3 is 2.32 bits per heavy atom. The Hall–Kier alpha value is -1.80. The molecule has 0 aliphatic carbocycles. The van der Waals surface area contributed by atoms with Crippen LogP contribution < -0.4 is 4.74 Å². The third-order valence-corrected chi connectivity index (χ3v) is 4.51. The molecular weight excluding hydrogens is 270 g/mol. The van der Waals surface area contributed by atoms with Crippen molar-refractivity contribution < 1.29 is 4.74 Å². The second kappa shape index (κ2) is 5.77. The number of ether oxygens (including phenoxy) is 1. The number of hydrogen-bond acceptors (Lipinski definition) is 2. The number of para-hydroxylation sites is 1. The van der Waals surface area contributed by atoms with Crippen molar-refractivity contribution in [3.05, 3.63) is 65.7 Å². The van der Waals surface area contributed by atoms with Crippen LogP contribution in [0, 0.1) is 5.41 Å². The fraction of sp³-hybridized carbons (Fsp3) is 0.400. The molecule has 2 heteroatoms. The highest BCUT2D eigenvalue weighted by atomic mass is 16.5. The summed E-state index contributed by atoms with van der Waals surface area (Å²) in [5.74, 6) is 1.03. The van der Waals surface area contributed by atoms with Crippen molar-refractivity contribution in [1.82, 2.24) is 4.90 Å². The Bertz CT molecular complexity index is 630. The van der Waals surface area contributed by atoms with Gasteiger partial charge >= 0.3 is 0 Å². The molecule has 2 atom stereocenters. The van der Waals surface area contributed by atoms with Crippen molar-refractivity contribution in [3.63, 3.8) is 0 Å². The fourth-order valence-corrected chi connectivity index (χ4v) is 3.46. The van der Waals surface area contributed by atoms with Gasteiger partial charge in [-0.1, -0.05) is 69.3 Å². The van der Waals surface area contributed by atoms with E-state index >= 15 is 0 Å². The van der Waals surface area contributed by atoms with Gasteiger partial charge in [-0.15, -0.1) is 0 Å². The second-order valence-electron chi connectivity index (χ2n) is 7.18. The molecule has 0 N–H and O–H groups in total. The fourth-order valence-electron chi connectivity index (χ4n) is 3.46. The predicted octanol–water partition coefficient (Wildman–Crippen LogP) is 5.19. The van der Waals surface area contributed by atoms with E-state index in [0.717, 1.165) is 5.75 Å². The van der Waals surface area contributed by atoms with Crippen LogP contribution in [-0.2, 0) is 0 Å². The van der Waals surface area contributed by atoms with Gasteiger partial charge in [-0.05, 0) is 24.0 Å². The van der Waals surface area contributed by atoms with Crippen molar-refractivity contribution in [3.8, 4) is 5.75 Å². The molecule has 0 saturated heterocycles. The van der Waals surface area contributed by atoms with E-state index in [1.54, 1.807) is 0 Å². The summed E-state index contributed by atoms with van der Waals surface area (Å²) in [6, 6.07) is 19.8. The van der Waals surface area contributed by atoms with Crippen molar-refractivity contribution in [2.75, 3.05) is 6.73 Å². The highest BCUT2D eigenvalue weighted by molar-refractivity contribution is 5.38. The minimum Gasteiger partial charge on any atom is -0.478 e. The van der Waals surface area contributed by atoms with Crippen LogP contribution in [0.2, 0.25) is 0 Å². The summed E-state index contributed by atoms with van der Waals surface area (Å²) in [4.78, 5) is 2.47. The molecule has 0 radical (unpaired) electrons. The average Bonchev–Trinajstić information content (AvgIpc) is 2.53. The molecule has 116 valence electrons. The number of nitrogens with zero attached hydrogens (tertiary/aromatic N) is 1. The lowest BCUT2D eigenvalue weighted by atomic mass is 9.79. The van der Waals surface area contributed by atoms with Crippen molar-refractivity contribution >= 4 is 0 Å². The standard InChI is InChI=1S/C20H25NO/c1-15(16-10-6-5-7-11-16)21-14-22-18-13-9-8-12-17(18)19(21)20(2,3)4/h5-13,15,19H,14H2,1-4H3/t15-,19+/m1/s1. The molecule has 2 aromatic carbocycles. The van der Waals surface area contributed by atoms with Gasteiger partial charge in [-0.2, -0.15) is 0 Å². The average molecular weight is 295 g/mol. The molecule has 1 aliphatic rings. The summed E-state index contributed by atoms with van der Waals surface area (Å²) < 4.78 is 6.03. The largest absolute Gasteiger partial charge is 0.478 e. The van der Waals surface area contributed by atoms with E-state index < -0.39 is 0 Å². The summed E-state index contributed by atoms with van der Waals surface area (Å²) in [5.41, 5.74) is 2.77. The molecule has 0 fully saturated rings. The Balaban J connectivity index is 2.01. The summed E-state index contributed by atoms with van der Waals surface area (Å²) in [6.45, 7) is 9.83. The van der Waals surface area contributed by atoms with E-state index in [0.29, 0.717) is 18.8 Å². The lowest BCUT2D eigenvalue weighted by molar-refractivity contribution is -0.0208. The number of fused-ring (bicyclic) bond motifs is 1. The molecule has 0 amide bonds. The van der Waals surface area contributed by atoms with Gasteiger partial charge in [0.25, 0.3) is 0 Å². The van der Waals surface area contributed by atoms with E-state index in [1.165, 1.54) is 11.1 Å². The highest BCUT2D eigenvalue weighted by Crippen LogP contribution is 2.47. The molecule has 0 aromatic heterocycles. The first-order chi connectivity index (χ1) is 10.5. The summed E-state index contributed by atoms with van der Waals surface area (Å²) in [7, 11) is 0. The molecule has 1 aliphatic heterocycles. The van der Waals surface area contributed by atoms with Crippen LogP contribution in [-0.4, -0.2) is 11.6 Å². The van der Waals surface area contributed by atoms with Crippen molar-refractivity contribution in [2.24, 2.45) is 5.41 Å². The molecule has 1 heterocycles. The maximum Gasteiger partial charge on any atom is 0.143 e. The minimum atomic E-state index is 0.142. The van der Waals surface area contributed by atoms with Crippen LogP contribution in [0.1, 0.15) is 50.9 Å². The SMILES string of the molecule is C[C@H](c1ccccc1)N1COc2ccccc2[C@H]1C(C)(C)C. The topological polar surface area (TPSA) is 12.5 Å². The zero-order valence-corrected chi connectivity index (χ0v) is 13.9. The Morgan fingerprint density at radius 1 is 1.00 bits per heavy atom. The van der Waals surface area contributed by atoms with Gasteiger partial charge in [0.05, 0.1) is 0 Å². The van der Waals surface area contributed by atoms with Crippen molar-refractivity contribution in [1.29, 1.82) is 0 Å². The van der Waals surface area contributed by atoms with Gasteiger partial charge in [0.15, 0.2) is 0 Å². The summed E-state index contributed by atoms with van der Waals surface area (Å²) in [5, 5.41) is 0. The molecular formula is C20H25NO. The van der Waals surface area contributed by atoms with Gasteiger partial charge in [-0.3, -0.25) is 4.90 Å². The molecule has 2 nitrogen and oxygen atoms in total. The first-order valence-corrected chi connectivity index (χ1v) is 8.01. The first-order valence-electron chi connectivity index (χ1n) is 8.01. The van der Waals surface area contributed by atoms with E-state index in [4.69, 9.17) is 4.74 Å². The second-order valence-corrected chi connectivity index (χ2v) is 7.18. The van der Waals surface area contributed by atoms with Gasteiger partial charge in [0.1, 0.15) is 12.5 Å². The van der Waals surface area contributed by atoms with Crippen LogP contribution in [0.15, 0.2) is 54.6 Å². The smallest absolute Gasteiger partial charge is 0.143 e. The molecule has 3 rings (SSSR count). The Labute approximate surface area is 133 Å². The van der Waals surface area contributed by atoms with E-state index in [1.807, 2.05) is 0 Å². The monoisotopic (exact) mass is 295 g/mol. The van der Waals surface area contributed by atoms with E-state index in [9.17, 15) is 0 Å². The van der Waals surface area contributed by atoms with Crippen LogP contribution >= 0.6 is 0 Å². The maximum absolute atomic E-state index is 6.03. The van der Waals surface area contributed by atoms with Gasteiger partial charge in [0.2, 0.25) is 0 Å². The number of hydrogen-bond donors (Lipinski definition) is 0. The molecule has 0 bridgehead atoms. The van der Waals surface area contributed by atoms with E-state index in [2.05, 4.69) is 87.2 Å². The zero-order chi connectivity index (χ0) is 15.7. The lowest BCUT2D eigenvalue weighted by Gasteiger charge is -2.46. The normalized spacial score (nSPS) is 20.1. The van der Waals surface area contributed by atoms with Crippen LogP contribution in [0.25, 0.3) is 0 Å². The van der Waals surface area contributed by atoms with Crippen molar-refractivity contribution in [2.45, 2.75) is 39.8 Å². The minimum absolute atomic E-state index is 0.142. The zero-order valence-electron chi connectivity index (χ0n) is 13.9. The predicted molar refractivity (Wildman–Crippen MR) is 90.8 cm³/mol. The van der Waals surface area contributed by atoms with Crippen LogP contribution in [0.4, 0.5) is 0 Å². The molecule has 2 aromatic rings. The van der Waals surface area contributed by atoms with Gasteiger partial charge < -0.3 is 4.74 Å². The van der Waals surface area contributed by atoms with Crippen LogP contribution in [0.3, 0.4) is 0 Å². The third-order valence-electron chi connectivity index (χ3n) is 4.51. The van der Waals surface area contributed by atoms with Gasteiger partial charge in [-0.25, -0.2) is 0 Å². The first kappa shape index (κ1) is 15.1.